The molecule has 0 aliphatic carbocycles. The highest BCUT2D eigenvalue weighted by Gasteiger charge is 2.43. The first-order chi connectivity index (χ1) is 20.2. The van der Waals surface area contributed by atoms with E-state index in [1.807, 2.05) is 30.3 Å². The number of non-ortho nitro benzene ring substituents is 1. The third-order valence-corrected chi connectivity index (χ3v) is 6.56. The second-order valence-corrected chi connectivity index (χ2v) is 9.42. The molecular formula is C30H35N3O9. The number of methoxy groups -OCH3 is 2. The Morgan fingerprint density at radius 1 is 1.10 bits per heavy atom. The molecule has 0 fully saturated rings. The number of esters is 2. The number of hydrogen-bond acceptors (Lipinski definition) is 11. The molecular weight excluding hydrogens is 546 g/mol. The van der Waals surface area contributed by atoms with Gasteiger partial charge in [-0.3, -0.25) is 19.9 Å². The zero-order valence-electron chi connectivity index (χ0n) is 23.9. The molecule has 224 valence electrons. The summed E-state index contributed by atoms with van der Waals surface area (Å²) in [4.78, 5) is 41.2. The number of nitrogens with zero attached hydrogens (tertiary/aromatic N) is 2. The maximum absolute atomic E-state index is 12.9. The van der Waals surface area contributed by atoms with Gasteiger partial charge in [-0.1, -0.05) is 30.4 Å². The standard InChI is InChI=1S/C30H35N3O9/c1-19-26(29(35)39-3)28(27(20(2)32-19)30(36)40-4)24-16-21(33(37)38)12-13-25(24)41-15-9-8-14-31-17-22(34)18-42-23-10-6-5-7-11-23/h5-13,16,22,26,28,31,34H,14-15,17-18H2,1-4H3. The van der Waals surface area contributed by atoms with Gasteiger partial charge >= 0.3 is 11.9 Å². The number of nitrogens with one attached hydrogen (secondary N) is 1. The molecule has 1 aliphatic heterocycles. The summed E-state index contributed by atoms with van der Waals surface area (Å²) in [6.07, 6.45) is 2.83. The number of para-hydroxylation sites is 1. The molecule has 42 heavy (non-hydrogen) atoms. The lowest BCUT2D eigenvalue weighted by molar-refractivity contribution is -0.385. The molecule has 1 aliphatic rings. The molecule has 12 nitrogen and oxygen atoms in total. The minimum Gasteiger partial charge on any atom is -0.491 e. The van der Waals surface area contributed by atoms with E-state index in [1.54, 1.807) is 26.0 Å². The minimum absolute atomic E-state index is 0.0818. The molecule has 0 radical (unpaired) electrons. The van der Waals surface area contributed by atoms with Crippen LogP contribution >= 0.6 is 0 Å². The van der Waals surface area contributed by atoms with Crippen LogP contribution in [-0.2, 0) is 19.1 Å². The van der Waals surface area contributed by atoms with Gasteiger partial charge in [0, 0.05) is 48.1 Å². The first kappa shape index (κ1) is 32.0. The summed E-state index contributed by atoms with van der Waals surface area (Å²) in [7, 11) is 2.42. The van der Waals surface area contributed by atoms with Crippen LogP contribution in [0.25, 0.3) is 0 Å². The molecule has 2 aromatic rings. The van der Waals surface area contributed by atoms with E-state index in [0.717, 1.165) is 0 Å². The van der Waals surface area contributed by atoms with E-state index in [2.05, 4.69) is 10.3 Å². The summed E-state index contributed by atoms with van der Waals surface area (Å²) >= 11 is 0. The van der Waals surface area contributed by atoms with Crippen LogP contribution in [0.3, 0.4) is 0 Å². The van der Waals surface area contributed by atoms with Crippen molar-refractivity contribution in [1.29, 1.82) is 0 Å². The maximum atomic E-state index is 12.9. The van der Waals surface area contributed by atoms with E-state index < -0.39 is 34.8 Å². The van der Waals surface area contributed by atoms with Crippen LogP contribution in [0.5, 0.6) is 11.5 Å². The van der Waals surface area contributed by atoms with Crippen molar-refractivity contribution in [2.24, 2.45) is 10.9 Å². The molecule has 0 saturated heterocycles. The summed E-state index contributed by atoms with van der Waals surface area (Å²) in [5, 5.41) is 24.8. The Bertz CT molecular complexity index is 1360. The first-order valence-corrected chi connectivity index (χ1v) is 13.2. The predicted molar refractivity (Wildman–Crippen MR) is 155 cm³/mol. The monoisotopic (exact) mass is 581 g/mol. The van der Waals surface area contributed by atoms with Crippen LogP contribution < -0.4 is 14.8 Å². The van der Waals surface area contributed by atoms with Gasteiger partial charge in [-0.15, -0.1) is 0 Å². The topological polar surface area (TPSA) is 159 Å². The van der Waals surface area contributed by atoms with Crippen molar-refractivity contribution in [2.45, 2.75) is 25.9 Å². The first-order valence-electron chi connectivity index (χ1n) is 13.2. The van der Waals surface area contributed by atoms with E-state index in [9.17, 15) is 24.8 Å². The number of benzene rings is 2. The number of carbonyl (C=O) groups is 2. The summed E-state index contributed by atoms with van der Waals surface area (Å²) in [6.45, 7) is 4.22. The average molecular weight is 582 g/mol. The molecule has 1 heterocycles. The van der Waals surface area contributed by atoms with Gasteiger partial charge < -0.3 is 29.4 Å². The second-order valence-electron chi connectivity index (χ2n) is 9.42. The quantitative estimate of drug-likeness (QED) is 0.111. The largest absolute Gasteiger partial charge is 0.491 e. The lowest BCUT2D eigenvalue weighted by Crippen LogP contribution is -2.36. The number of aliphatic imine (C=N–C) groups is 1. The highest BCUT2D eigenvalue weighted by molar-refractivity contribution is 6.07. The fourth-order valence-electron chi connectivity index (χ4n) is 4.60. The zero-order valence-corrected chi connectivity index (χ0v) is 23.9. The molecule has 12 heteroatoms. The van der Waals surface area contributed by atoms with E-state index in [1.165, 1.54) is 32.4 Å². The normalized spacial score (nSPS) is 17.4. The number of ether oxygens (including phenoxy) is 4. The van der Waals surface area contributed by atoms with Crippen LogP contribution in [-0.4, -0.2) is 74.3 Å². The van der Waals surface area contributed by atoms with Crippen molar-refractivity contribution < 1.29 is 38.6 Å². The Hall–Kier alpha value is -4.55. The van der Waals surface area contributed by atoms with Crippen LogP contribution in [0.15, 0.2) is 76.9 Å². The molecule has 3 unspecified atom stereocenters. The molecule has 3 rings (SSSR count). The lowest BCUT2D eigenvalue weighted by atomic mass is 9.75. The Balaban J connectivity index is 1.73. The molecule has 0 saturated carbocycles. The van der Waals surface area contributed by atoms with Crippen molar-refractivity contribution in [1.82, 2.24) is 5.32 Å². The van der Waals surface area contributed by atoms with Crippen molar-refractivity contribution in [3.63, 3.8) is 0 Å². The smallest absolute Gasteiger partial charge is 0.336 e. The van der Waals surface area contributed by atoms with Crippen molar-refractivity contribution in [2.75, 3.05) is 40.5 Å². The van der Waals surface area contributed by atoms with Crippen LogP contribution in [0.4, 0.5) is 5.69 Å². The average Bonchev–Trinajstić information content (AvgIpc) is 2.99. The van der Waals surface area contributed by atoms with E-state index >= 15 is 0 Å². The zero-order chi connectivity index (χ0) is 30.6. The number of rotatable bonds is 14. The molecule has 2 N–H and O–H groups in total. The molecule has 0 amide bonds. The second kappa shape index (κ2) is 15.5. The van der Waals surface area contributed by atoms with E-state index in [4.69, 9.17) is 18.9 Å². The Morgan fingerprint density at radius 2 is 1.83 bits per heavy atom. The fraction of sp³-hybridized carbons (Fsp3) is 0.367. The van der Waals surface area contributed by atoms with Crippen LogP contribution in [0.1, 0.15) is 25.3 Å². The number of hydrogen-bond donors (Lipinski definition) is 2. The number of allylic oxidation sites excluding steroid dienone is 1. The van der Waals surface area contributed by atoms with Crippen LogP contribution in [0.2, 0.25) is 0 Å². The number of nitro groups is 1. The summed E-state index contributed by atoms with van der Waals surface area (Å²) in [6, 6.07) is 13.2. The maximum Gasteiger partial charge on any atom is 0.336 e. The van der Waals surface area contributed by atoms with Crippen LogP contribution in [0, 0.1) is 16.0 Å². The van der Waals surface area contributed by atoms with Gasteiger partial charge in [0.15, 0.2) is 0 Å². The lowest BCUT2D eigenvalue weighted by Gasteiger charge is -2.31. The number of aliphatic hydroxyl groups excluding tert-OH is 1. The van der Waals surface area contributed by atoms with Gasteiger partial charge in [0.2, 0.25) is 0 Å². The van der Waals surface area contributed by atoms with Gasteiger partial charge in [0.25, 0.3) is 5.69 Å². The molecule has 2 aromatic carbocycles. The molecule has 0 spiro atoms. The van der Waals surface area contributed by atoms with E-state index in [-0.39, 0.29) is 35.8 Å². The third-order valence-electron chi connectivity index (χ3n) is 6.56. The van der Waals surface area contributed by atoms with Gasteiger partial charge in [0.05, 0.1) is 24.7 Å². The van der Waals surface area contributed by atoms with Gasteiger partial charge in [-0.05, 0) is 32.0 Å². The number of aliphatic hydroxyl groups is 1. The Kier molecular flexibility index (Phi) is 11.8. The van der Waals surface area contributed by atoms with Crippen molar-refractivity contribution >= 4 is 23.3 Å². The van der Waals surface area contributed by atoms with Crippen molar-refractivity contribution in [3.8, 4) is 11.5 Å². The summed E-state index contributed by atoms with van der Waals surface area (Å²) in [5.41, 5.74) is 0.804. The summed E-state index contributed by atoms with van der Waals surface area (Å²) < 4.78 is 21.5. The highest BCUT2D eigenvalue weighted by atomic mass is 16.6. The van der Waals surface area contributed by atoms with Gasteiger partial charge in [0.1, 0.15) is 36.7 Å². The molecule has 3 atom stereocenters. The van der Waals surface area contributed by atoms with E-state index in [0.29, 0.717) is 30.2 Å². The highest BCUT2D eigenvalue weighted by Crippen LogP contribution is 2.44. The molecule has 0 bridgehead atoms. The minimum atomic E-state index is -1.03. The van der Waals surface area contributed by atoms with Crippen molar-refractivity contribution in [3.05, 3.63) is 87.6 Å². The SMILES string of the molecule is COC(=O)C1=C(C)N=C(C)C(C(=O)OC)C1c1cc([N+](=O)[O-])ccc1OCC=CCNCC(O)COc1ccccc1. The fourth-order valence-corrected chi connectivity index (χ4v) is 4.60. The number of nitro benzene ring substituents is 1. The third kappa shape index (κ3) is 8.24. The van der Waals surface area contributed by atoms with Gasteiger partial charge in [-0.2, -0.15) is 0 Å². The Morgan fingerprint density at radius 3 is 2.50 bits per heavy atom. The van der Waals surface area contributed by atoms with Gasteiger partial charge in [-0.25, -0.2) is 4.79 Å². The predicted octanol–water partition coefficient (Wildman–Crippen LogP) is 3.35. The number of carbonyl (C=O) groups excluding carboxylic acids is 2. The summed E-state index contributed by atoms with van der Waals surface area (Å²) in [5.74, 6) is -2.49. The molecule has 0 aromatic heterocycles. The Labute approximate surface area is 243 Å².